The maximum Gasteiger partial charge on any atom is 0.293 e. The van der Waals surface area contributed by atoms with Crippen molar-refractivity contribution >= 4 is 23.2 Å². The van der Waals surface area contributed by atoms with E-state index in [0.717, 1.165) is 0 Å². The maximum atomic E-state index is 12.5. The first-order chi connectivity index (χ1) is 13.8. The van der Waals surface area contributed by atoms with E-state index in [1.165, 1.54) is 25.8 Å². The van der Waals surface area contributed by atoms with Crippen LogP contribution >= 0.6 is 0 Å². The van der Waals surface area contributed by atoms with Crippen LogP contribution in [0.15, 0.2) is 18.2 Å². The Hall–Kier alpha value is -2.68. The van der Waals surface area contributed by atoms with E-state index in [1.807, 2.05) is 4.90 Å². The number of hydrogen-bond acceptors (Lipinski definition) is 6. The molecule has 1 saturated heterocycles. The molecule has 0 radical (unpaired) electrons. The van der Waals surface area contributed by atoms with Gasteiger partial charge >= 0.3 is 0 Å². The molecule has 1 aliphatic heterocycles. The third-order valence-corrected chi connectivity index (χ3v) is 5.88. The zero-order valence-electron chi connectivity index (χ0n) is 17.3. The molecule has 29 heavy (non-hydrogen) atoms. The van der Waals surface area contributed by atoms with Gasteiger partial charge in [0.15, 0.2) is 0 Å². The summed E-state index contributed by atoms with van der Waals surface area (Å²) < 4.78 is 0. The third kappa shape index (κ3) is 5.03. The lowest BCUT2D eigenvalue weighted by Gasteiger charge is -2.35. The van der Waals surface area contributed by atoms with Gasteiger partial charge < -0.3 is 15.1 Å². The summed E-state index contributed by atoms with van der Waals surface area (Å²) in [6.45, 7) is 6.18. The smallest absolute Gasteiger partial charge is 0.293 e. The van der Waals surface area contributed by atoms with Gasteiger partial charge in [-0.1, -0.05) is 0 Å². The standard InChI is InChI=1S/C20H29N5O4/c1-14(22(3)17-5-6-17)13-21-20(27)16-4-7-18(19(12-16)25(28)29)24-10-8-23(9-11-24)15(2)26/h4,7,12,14,17H,5-6,8-11,13H2,1-3H3,(H,21,27). The molecule has 1 N–H and O–H groups in total. The summed E-state index contributed by atoms with van der Waals surface area (Å²) >= 11 is 0. The van der Waals surface area contributed by atoms with Crippen molar-refractivity contribution < 1.29 is 14.5 Å². The van der Waals surface area contributed by atoms with Gasteiger partial charge in [-0.2, -0.15) is 0 Å². The number of anilines is 1. The number of likely N-dealkylation sites (N-methyl/N-ethyl adjacent to an activating group) is 1. The molecule has 1 aliphatic carbocycles. The molecule has 2 aliphatic rings. The Morgan fingerprint density at radius 1 is 1.28 bits per heavy atom. The minimum atomic E-state index is -0.451. The molecule has 0 spiro atoms. The lowest BCUT2D eigenvalue weighted by Crippen LogP contribution is -2.48. The molecule has 0 aromatic heterocycles. The first-order valence-electron chi connectivity index (χ1n) is 10.1. The van der Waals surface area contributed by atoms with Gasteiger partial charge in [-0.25, -0.2) is 0 Å². The lowest BCUT2D eigenvalue weighted by atomic mass is 10.1. The summed E-state index contributed by atoms with van der Waals surface area (Å²) in [4.78, 5) is 41.1. The fraction of sp³-hybridized carbons (Fsp3) is 0.600. The molecule has 1 unspecified atom stereocenters. The van der Waals surface area contributed by atoms with E-state index >= 15 is 0 Å². The largest absolute Gasteiger partial charge is 0.362 e. The number of piperazine rings is 1. The zero-order chi connectivity index (χ0) is 21.1. The monoisotopic (exact) mass is 403 g/mol. The summed E-state index contributed by atoms with van der Waals surface area (Å²) in [6, 6.07) is 5.42. The van der Waals surface area contributed by atoms with E-state index in [2.05, 4.69) is 24.2 Å². The number of nitrogens with one attached hydrogen (secondary N) is 1. The molecule has 9 heteroatoms. The molecule has 1 heterocycles. The SMILES string of the molecule is CC(=O)N1CCN(c2ccc(C(=O)NCC(C)N(C)C3CC3)cc2[N+](=O)[O-])CC1. The van der Waals surface area contributed by atoms with Crippen LogP contribution in [0.2, 0.25) is 0 Å². The topological polar surface area (TPSA) is 99.0 Å². The molecule has 1 saturated carbocycles. The predicted molar refractivity (Wildman–Crippen MR) is 110 cm³/mol. The second kappa shape index (κ2) is 8.77. The van der Waals surface area contributed by atoms with Crippen molar-refractivity contribution in [2.24, 2.45) is 0 Å². The normalized spacial score (nSPS) is 17.9. The molecular formula is C20H29N5O4. The van der Waals surface area contributed by atoms with Gasteiger partial charge in [0.1, 0.15) is 5.69 Å². The minimum absolute atomic E-state index is 0.00716. The van der Waals surface area contributed by atoms with Gasteiger partial charge in [-0.3, -0.25) is 24.6 Å². The van der Waals surface area contributed by atoms with Crippen LogP contribution < -0.4 is 10.2 Å². The Bertz CT molecular complexity index is 787. The van der Waals surface area contributed by atoms with Crippen molar-refractivity contribution in [3.05, 3.63) is 33.9 Å². The first-order valence-corrected chi connectivity index (χ1v) is 10.1. The summed E-state index contributed by atoms with van der Waals surface area (Å²) in [5.41, 5.74) is 0.678. The van der Waals surface area contributed by atoms with Crippen molar-refractivity contribution in [1.29, 1.82) is 0 Å². The summed E-state index contributed by atoms with van der Waals surface area (Å²) in [5, 5.41) is 14.5. The van der Waals surface area contributed by atoms with Gasteiger partial charge in [-0.15, -0.1) is 0 Å². The Morgan fingerprint density at radius 2 is 1.93 bits per heavy atom. The highest BCUT2D eigenvalue weighted by Gasteiger charge is 2.29. The number of nitro groups is 1. The number of carbonyl (C=O) groups is 2. The molecular weight excluding hydrogens is 374 g/mol. The van der Waals surface area contributed by atoms with Crippen LogP contribution in [-0.2, 0) is 4.79 Å². The van der Waals surface area contributed by atoms with E-state index in [4.69, 9.17) is 0 Å². The molecule has 9 nitrogen and oxygen atoms in total. The Morgan fingerprint density at radius 3 is 2.48 bits per heavy atom. The second-order valence-electron chi connectivity index (χ2n) is 7.91. The molecule has 1 atom stereocenters. The lowest BCUT2D eigenvalue weighted by molar-refractivity contribution is -0.384. The van der Waals surface area contributed by atoms with Crippen LogP contribution in [0.4, 0.5) is 11.4 Å². The highest BCUT2D eigenvalue weighted by Crippen LogP contribution is 2.30. The number of amides is 2. The number of nitro benzene ring substituents is 1. The highest BCUT2D eigenvalue weighted by molar-refractivity contribution is 5.95. The number of rotatable bonds is 7. The van der Waals surface area contributed by atoms with Crippen LogP contribution in [-0.4, -0.2) is 78.4 Å². The Kier molecular flexibility index (Phi) is 6.36. The second-order valence-corrected chi connectivity index (χ2v) is 7.91. The molecule has 0 bridgehead atoms. The molecule has 2 fully saturated rings. The highest BCUT2D eigenvalue weighted by atomic mass is 16.6. The van der Waals surface area contributed by atoms with E-state index in [0.29, 0.717) is 44.5 Å². The summed E-state index contributed by atoms with van der Waals surface area (Å²) in [5.74, 6) is -0.301. The Balaban J connectivity index is 1.66. The molecule has 3 rings (SSSR count). The van der Waals surface area contributed by atoms with E-state index in [1.54, 1.807) is 17.0 Å². The number of benzene rings is 1. The average Bonchev–Trinajstić information content (AvgIpc) is 3.56. The van der Waals surface area contributed by atoms with Gasteiger partial charge in [-0.05, 0) is 38.9 Å². The molecule has 1 aromatic carbocycles. The van der Waals surface area contributed by atoms with Gasteiger partial charge in [0.05, 0.1) is 4.92 Å². The number of nitrogens with zero attached hydrogens (tertiary/aromatic N) is 4. The number of carbonyl (C=O) groups excluding carboxylic acids is 2. The molecule has 158 valence electrons. The Labute approximate surface area is 170 Å². The van der Waals surface area contributed by atoms with E-state index < -0.39 is 4.92 Å². The van der Waals surface area contributed by atoms with Crippen LogP contribution in [0.1, 0.15) is 37.0 Å². The van der Waals surface area contributed by atoms with Gasteiger partial charge in [0.2, 0.25) is 5.91 Å². The van der Waals surface area contributed by atoms with Crippen molar-refractivity contribution in [3.8, 4) is 0 Å². The fourth-order valence-electron chi connectivity index (χ4n) is 3.67. The average molecular weight is 403 g/mol. The third-order valence-electron chi connectivity index (χ3n) is 5.88. The first kappa shape index (κ1) is 21.0. The van der Waals surface area contributed by atoms with E-state index in [-0.39, 0.29) is 29.1 Å². The van der Waals surface area contributed by atoms with Crippen molar-refractivity contribution in [2.75, 3.05) is 44.7 Å². The fourth-order valence-corrected chi connectivity index (χ4v) is 3.67. The van der Waals surface area contributed by atoms with Crippen molar-refractivity contribution in [1.82, 2.24) is 15.1 Å². The number of hydrogen-bond donors (Lipinski definition) is 1. The van der Waals surface area contributed by atoms with Gasteiger partial charge in [0, 0.05) is 63.4 Å². The quantitative estimate of drug-likeness (QED) is 0.547. The predicted octanol–water partition coefficient (Wildman–Crippen LogP) is 1.48. The maximum absolute atomic E-state index is 12.5. The van der Waals surface area contributed by atoms with Crippen molar-refractivity contribution in [3.63, 3.8) is 0 Å². The summed E-state index contributed by atoms with van der Waals surface area (Å²) in [7, 11) is 2.06. The van der Waals surface area contributed by atoms with Crippen molar-refractivity contribution in [2.45, 2.75) is 38.8 Å². The van der Waals surface area contributed by atoms with Gasteiger partial charge in [0.25, 0.3) is 11.6 Å². The van der Waals surface area contributed by atoms with Crippen LogP contribution in [0, 0.1) is 10.1 Å². The van der Waals surface area contributed by atoms with Crippen LogP contribution in [0.5, 0.6) is 0 Å². The molecule has 1 aromatic rings. The van der Waals surface area contributed by atoms with E-state index in [9.17, 15) is 19.7 Å². The zero-order valence-corrected chi connectivity index (χ0v) is 17.3. The van der Waals surface area contributed by atoms with Crippen LogP contribution in [0.3, 0.4) is 0 Å². The summed E-state index contributed by atoms with van der Waals surface area (Å²) in [6.07, 6.45) is 2.40. The van der Waals surface area contributed by atoms with Crippen LogP contribution in [0.25, 0.3) is 0 Å². The minimum Gasteiger partial charge on any atom is -0.362 e. The molecule has 2 amide bonds.